The van der Waals surface area contributed by atoms with Crippen LogP contribution in [0.25, 0.3) is 32.5 Å². The first-order valence-corrected chi connectivity index (χ1v) is 9.71. The van der Waals surface area contributed by atoms with Gasteiger partial charge in [-0.25, -0.2) is 9.78 Å². The van der Waals surface area contributed by atoms with Crippen molar-refractivity contribution in [1.29, 1.82) is 0 Å². The Morgan fingerprint density at radius 2 is 1.59 bits per heavy atom. The zero-order valence-electron chi connectivity index (χ0n) is 15.2. The summed E-state index contributed by atoms with van der Waals surface area (Å²) in [6.45, 7) is 4.02. The molecule has 1 aromatic heterocycles. The summed E-state index contributed by atoms with van der Waals surface area (Å²) < 4.78 is 5.10. The van der Waals surface area contributed by atoms with Gasteiger partial charge in [0.05, 0.1) is 12.3 Å². The van der Waals surface area contributed by atoms with E-state index in [4.69, 9.17) is 4.74 Å². The highest BCUT2D eigenvalue weighted by molar-refractivity contribution is 7.17. The Morgan fingerprint density at radius 1 is 0.926 bits per heavy atom. The van der Waals surface area contributed by atoms with Gasteiger partial charge in [-0.3, -0.25) is 0 Å². The summed E-state index contributed by atoms with van der Waals surface area (Å²) >= 11 is 1.38. The second-order valence-corrected chi connectivity index (χ2v) is 7.29. The average Bonchev–Trinajstić information content (AvgIpc) is 3.10. The number of carbonyl (C=O) groups excluding carboxylic acids is 1. The fourth-order valence-electron chi connectivity index (χ4n) is 3.08. The number of carbonyl (C=O) groups is 1. The number of esters is 1. The minimum atomic E-state index is -0.300. The lowest BCUT2D eigenvalue weighted by Crippen LogP contribution is -2.03. The number of hydrogen-bond acceptors (Lipinski definition) is 4. The molecule has 0 unspecified atom stereocenters. The number of benzene rings is 3. The molecule has 0 saturated carbocycles. The summed E-state index contributed by atoms with van der Waals surface area (Å²) in [5.74, 6) is -0.300. The predicted molar refractivity (Wildman–Crippen MR) is 111 cm³/mol. The second kappa shape index (κ2) is 7.33. The summed E-state index contributed by atoms with van der Waals surface area (Å²) in [5, 5.41) is 3.30. The Bertz CT molecular complexity index is 1110. The molecular weight excluding hydrogens is 354 g/mol. The van der Waals surface area contributed by atoms with Crippen LogP contribution in [0.1, 0.15) is 22.3 Å². The maximum absolute atomic E-state index is 12.0. The molecule has 0 radical (unpaired) electrons. The van der Waals surface area contributed by atoms with Crippen LogP contribution in [0, 0.1) is 6.92 Å². The quantitative estimate of drug-likeness (QED) is 0.405. The molecule has 0 spiro atoms. The number of fused-ring (bicyclic) bond motifs is 1. The van der Waals surface area contributed by atoms with E-state index in [2.05, 4.69) is 71.7 Å². The number of aromatic nitrogens is 1. The zero-order valence-corrected chi connectivity index (χ0v) is 16.0. The van der Waals surface area contributed by atoms with Gasteiger partial charge >= 0.3 is 5.97 Å². The van der Waals surface area contributed by atoms with E-state index in [0.29, 0.717) is 17.2 Å². The van der Waals surface area contributed by atoms with E-state index >= 15 is 0 Å². The lowest BCUT2D eigenvalue weighted by molar-refractivity contribution is 0.0531. The molecule has 0 saturated heterocycles. The molecule has 4 aromatic rings. The number of nitrogens with zero attached hydrogens (tertiary/aromatic N) is 1. The van der Waals surface area contributed by atoms with Gasteiger partial charge in [0.25, 0.3) is 0 Å². The molecular formula is C23H19NO2S. The molecule has 0 atom stereocenters. The highest BCUT2D eigenvalue weighted by Gasteiger charge is 2.17. The highest BCUT2D eigenvalue weighted by atomic mass is 32.1. The van der Waals surface area contributed by atoms with E-state index in [1.807, 2.05) is 6.92 Å². The van der Waals surface area contributed by atoms with Crippen LogP contribution in [0.15, 0.2) is 66.7 Å². The Hall–Kier alpha value is -2.98. The van der Waals surface area contributed by atoms with Gasteiger partial charge in [0.2, 0.25) is 0 Å². The SMILES string of the molecule is CCOC(=O)c1sc(-c2ccc(-c3ccc4ccccc4c3)cc2)nc1C. The van der Waals surface area contributed by atoms with Crippen molar-refractivity contribution in [1.82, 2.24) is 4.98 Å². The highest BCUT2D eigenvalue weighted by Crippen LogP contribution is 2.31. The number of ether oxygens (including phenoxy) is 1. The first-order chi connectivity index (χ1) is 13.2. The third-order valence-corrected chi connectivity index (χ3v) is 5.66. The minimum absolute atomic E-state index is 0.300. The number of rotatable bonds is 4. The normalized spacial score (nSPS) is 10.9. The minimum Gasteiger partial charge on any atom is -0.462 e. The van der Waals surface area contributed by atoms with Gasteiger partial charge in [-0.1, -0.05) is 60.7 Å². The van der Waals surface area contributed by atoms with Crippen LogP contribution in [0.4, 0.5) is 0 Å². The molecule has 0 aliphatic rings. The third kappa shape index (κ3) is 3.49. The van der Waals surface area contributed by atoms with Gasteiger partial charge in [0, 0.05) is 5.56 Å². The van der Waals surface area contributed by atoms with Crippen molar-refractivity contribution >= 4 is 28.1 Å². The molecule has 0 aliphatic heterocycles. The van der Waals surface area contributed by atoms with E-state index in [1.54, 1.807) is 6.92 Å². The Balaban J connectivity index is 1.64. The monoisotopic (exact) mass is 373 g/mol. The molecule has 4 heteroatoms. The summed E-state index contributed by atoms with van der Waals surface area (Å²) in [6.07, 6.45) is 0. The molecule has 27 heavy (non-hydrogen) atoms. The summed E-state index contributed by atoms with van der Waals surface area (Å²) in [7, 11) is 0. The van der Waals surface area contributed by atoms with Gasteiger partial charge in [-0.05, 0) is 41.8 Å². The van der Waals surface area contributed by atoms with E-state index in [9.17, 15) is 4.79 Å². The Morgan fingerprint density at radius 3 is 2.33 bits per heavy atom. The first-order valence-electron chi connectivity index (χ1n) is 8.90. The van der Waals surface area contributed by atoms with Crippen molar-refractivity contribution in [2.45, 2.75) is 13.8 Å². The van der Waals surface area contributed by atoms with Crippen LogP contribution in [0.5, 0.6) is 0 Å². The molecule has 0 bridgehead atoms. The maximum Gasteiger partial charge on any atom is 0.350 e. The zero-order chi connectivity index (χ0) is 18.8. The van der Waals surface area contributed by atoms with Crippen molar-refractivity contribution in [2.24, 2.45) is 0 Å². The van der Waals surface area contributed by atoms with Gasteiger partial charge in [-0.2, -0.15) is 0 Å². The largest absolute Gasteiger partial charge is 0.462 e. The average molecular weight is 373 g/mol. The molecule has 0 aliphatic carbocycles. The number of thiazole rings is 1. The van der Waals surface area contributed by atoms with Crippen molar-refractivity contribution in [3.05, 3.63) is 77.3 Å². The molecule has 1 heterocycles. The van der Waals surface area contributed by atoms with Gasteiger partial charge < -0.3 is 4.74 Å². The van der Waals surface area contributed by atoms with Crippen molar-refractivity contribution < 1.29 is 9.53 Å². The number of aryl methyl sites for hydroxylation is 1. The molecule has 0 fully saturated rings. The van der Waals surface area contributed by atoms with Crippen molar-refractivity contribution in [3.63, 3.8) is 0 Å². The summed E-state index contributed by atoms with van der Waals surface area (Å²) in [6, 6.07) is 23.2. The second-order valence-electron chi connectivity index (χ2n) is 6.29. The lowest BCUT2D eigenvalue weighted by atomic mass is 10.0. The molecule has 0 amide bonds. The van der Waals surface area contributed by atoms with Crippen LogP contribution < -0.4 is 0 Å². The van der Waals surface area contributed by atoms with Crippen LogP contribution in [0.2, 0.25) is 0 Å². The molecule has 3 aromatic carbocycles. The van der Waals surface area contributed by atoms with Gasteiger partial charge in [0.15, 0.2) is 0 Å². The summed E-state index contributed by atoms with van der Waals surface area (Å²) in [4.78, 5) is 17.1. The predicted octanol–water partition coefficient (Wildman–Crippen LogP) is 6.12. The smallest absolute Gasteiger partial charge is 0.350 e. The van der Waals surface area contributed by atoms with E-state index in [-0.39, 0.29) is 5.97 Å². The Kier molecular flexibility index (Phi) is 4.73. The molecule has 0 N–H and O–H groups in total. The van der Waals surface area contributed by atoms with Crippen molar-refractivity contribution in [2.75, 3.05) is 6.61 Å². The molecule has 4 rings (SSSR count). The fourth-order valence-corrected chi connectivity index (χ4v) is 4.05. The lowest BCUT2D eigenvalue weighted by Gasteiger charge is -2.05. The molecule has 134 valence electrons. The fraction of sp³-hybridized carbons (Fsp3) is 0.130. The molecule has 3 nitrogen and oxygen atoms in total. The van der Waals surface area contributed by atoms with E-state index < -0.39 is 0 Å². The van der Waals surface area contributed by atoms with Gasteiger partial charge in [-0.15, -0.1) is 11.3 Å². The third-order valence-electron chi connectivity index (χ3n) is 4.47. The first kappa shape index (κ1) is 17.4. The number of hydrogen-bond donors (Lipinski definition) is 0. The maximum atomic E-state index is 12.0. The van der Waals surface area contributed by atoms with Gasteiger partial charge in [0.1, 0.15) is 9.88 Å². The van der Waals surface area contributed by atoms with Crippen LogP contribution >= 0.6 is 11.3 Å². The van der Waals surface area contributed by atoms with Crippen LogP contribution in [0.3, 0.4) is 0 Å². The topological polar surface area (TPSA) is 39.2 Å². The van der Waals surface area contributed by atoms with E-state index in [0.717, 1.165) is 16.1 Å². The van der Waals surface area contributed by atoms with E-state index in [1.165, 1.54) is 27.7 Å². The van der Waals surface area contributed by atoms with Crippen LogP contribution in [-0.4, -0.2) is 17.6 Å². The Labute approximate surface area is 162 Å². The van der Waals surface area contributed by atoms with Crippen LogP contribution in [-0.2, 0) is 4.74 Å². The standard InChI is InChI=1S/C23H19NO2S/c1-3-26-23(25)21-15(2)24-22(27-21)18-11-8-17(9-12-18)20-13-10-16-6-4-5-7-19(16)14-20/h4-14H,3H2,1-2H3. The summed E-state index contributed by atoms with van der Waals surface area (Å²) in [5.41, 5.74) is 4.06. The van der Waals surface area contributed by atoms with Crippen molar-refractivity contribution in [3.8, 4) is 21.7 Å².